The molecule has 0 unspecified atom stereocenters. The van der Waals surface area contributed by atoms with Crippen LogP contribution in [0.1, 0.15) is 50.4 Å². The Morgan fingerprint density at radius 2 is 1.85 bits per heavy atom. The molecule has 1 saturated heterocycles. The zero-order chi connectivity index (χ0) is 24.7. The third-order valence-electron chi connectivity index (χ3n) is 5.24. The SMILES string of the molecule is CC(C)(C)CCNC(=O)c1ccc(OC(=O)N2CCC(Sc3nnnn3CC(=O)O)CC2)cc1. The second kappa shape index (κ2) is 11.3. The Morgan fingerprint density at radius 3 is 2.47 bits per heavy atom. The summed E-state index contributed by atoms with van der Waals surface area (Å²) in [7, 11) is 0. The third-order valence-corrected chi connectivity index (χ3v) is 6.55. The number of thioether (sulfide) groups is 1. The standard InChI is InChI=1S/C22H30N6O5S/c1-22(2,3)10-11-23-19(31)15-4-6-16(7-5-15)33-21(32)27-12-8-17(9-13-27)34-20-24-25-26-28(20)14-18(29)30/h4-7,17H,8-14H2,1-3H3,(H,23,31)(H,29,30). The van der Waals surface area contributed by atoms with Gasteiger partial charge in [0, 0.05) is 30.4 Å². The summed E-state index contributed by atoms with van der Waals surface area (Å²) in [6.07, 6.45) is 1.84. The minimum absolute atomic E-state index is 0.148. The minimum atomic E-state index is -1.01. The molecule has 0 saturated carbocycles. The molecular weight excluding hydrogens is 460 g/mol. The highest BCUT2D eigenvalue weighted by atomic mass is 32.2. The monoisotopic (exact) mass is 490 g/mol. The normalized spacial score (nSPS) is 14.6. The van der Waals surface area contributed by atoms with Gasteiger partial charge in [0.2, 0.25) is 5.16 Å². The minimum Gasteiger partial charge on any atom is -0.480 e. The molecule has 12 heteroatoms. The molecule has 1 aromatic heterocycles. The zero-order valence-corrected chi connectivity index (χ0v) is 20.4. The molecule has 0 aliphatic carbocycles. The smallest absolute Gasteiger partial charge is 0.415 e. The van der Waals surface area contributed by atoms with Crippen molar-refractivity contribution >= 4 is 29.7 Å². The van der Waals surface area contributed by atoms with Gasteiger partial charge in [0.15, 0.2) is 0 Å². The lowest BCUT2D eigenvalue weighted by atomic mass is 9.92. The van der Waals surface area contributed by atoms with Crippen molar-refractivity contribution in [2.75, 3.05) is 19.6 Å². The van der Waals surface area contributed by atoms with Crippen molar-refractivity contribution < 1.29 is 24.2 Å². The summed E-state index contributed by atoms with van der Waals surface area (Å²) in [5.41, 5.74) is 0.659. The average molecular weight is 491 g/mol. The van der Waals surface area contributed by atoms with E-state index in [4.69, 9.17) is 9.84 Å². The van der Waals surface area contributed by atoms with E-state index in [9.17, 15) is 14.4 Å². The van der Waals surface area contributed by atoms with E-state index in [1.165, 1.54) is 16.4 Å². The molecule has 11 nitrogen and oxygen atoms in total. The molecule has 2 aromatic rings. The first-order chi connectivity index (χ1) is 16.1. The van der Waals surface area contributed by atoms with E-state index in [0.29, 0.717) is 48.9 Å². The first-order valence-corrected chi connectivity index (χ1v) is 12.0. The number of amides is 2. The summed E-state index contributed by atoms with van der Waals surface area (Å²) in [5, 5.41) is 23.6. The van der Waals surface area contributed by atoms with Crippen molar-refractivity contribution in [1.29, 1.82) is 0 Å². The van der Waals surface area contributed by atoms with Crippen LogP contribution in [0.5, 0.6) is 5.75 Å². The molecule has 1 fully saturated rings. The number of ether oxygens (including phenoxy) is 1. The van der Waals surface area contributed by atoms with E-state index in [1.54, 1.807) is 29.2 Å². The molecule has 0 spiro atoms. The predicted octanol–water partition coefficient (Wildman–Crippen LogP) is 2.68. The molecule has 2 N–H and O–H groups in total. The van der Waals surface area contributed by atoms with Crippen molar-refractivity contribution in [3.63, 3.8) is 0 Å². The first kappa shape index (κ1) is 25.5. The molecule has 184 valence electrons. The number of carboxylic acid groups (broad SMARTS) is 1. The Kier molecular flexibility index (Phi) is 8.48. The summed E-state index contributed by atoms with van der Waals surface area (Å²) in [4.78, 5) is 37.3. The largest absolute Gasteiger partial charge is 0.480 e. The fourth-order valence-electron chi connectivity index (χ4n) is 3.31. The highest BCUT2D eigenvalue weighted by molar-refractivity contribution is 7.99. The van der Waals surface area contributed by atoms with Crippen LogP contribution in [0, 0.1) is 5.41 Å². The maximum atomic E-state index is 12.5. The number of hydrogen-bond donors (Lipinski definition) is 2. The van der Waals surface area contributed by atoms with Gasteiger partial charge in [-0.15, -0.1) is 5.10 Å². The van der Waals surface area contributed by atoms with Crippen molar-refractivity contribution in [2.45, 2.75) is 57.0 Å². The molecule has 2 amide bonds. The molecule has 1 aromatic carbocycles. The summed E-state index contributed by atoms with van der Waals surface area (Å²) in [6, 6.07) is 6.50. The van der Waals surface area contributed by atoms with E-state index in [1.807, 2.05) is 0 Å². The van der Waals surface area contributed by atoms with E-state index < -0.39 is 12.1 Å². The Balaban J connectivity index is 1.44. The number of nitrogens with zero attached hydrogens (tertiary/aromatic N) is 5. The quantitative estimate of drug-likeness (QED) is 0.571. The van der Waals surface area contributed by atoms with Crippen LogP contribution in [0.2, 0.25) is 0 Å². The Hall–Kier alpha value is -3.15. The summed E-state index contributed by atoms with van der Waals surface area (Å²) < 4.78 is 6.72. The molecule has 1 aliphatic heterocycles. The van der Waals surface area contributed by atoms with E-state index in [-0.39, 0.29) is 23.1 Å². The van der Waals surface area contributed by atoms with Gasteiger partial charge in [-0.25, -0.2) is 9.48 Å². The molecule has 34 heavy (non-hydrogen) atoms. The lowest BCUT2D eigenvalue weighted by Crippen LogP contribution is -2.41. The molecule has 0 radical (unpaired) electrons. The number of carboxylic acids is 1. The Bertz CT molecular complexity index is 996. The maximum absolute atomic E-state index is 12.5. The van der Waals surface area contributed by atoms with Crippen LogP contribution in [0.25, 0.3) is 0 Å². The van der Waals surface area contributed by atoms with Crippen LogP contribution in [0.15, 0.2) is 29.4 Å². The van der Waals surface area contributed by atoms with Crippen LogP contribution in [-0.2, 0) is 11.3 Å². The van der Waals surface area contributed by atoms with E-state index >= 15 is 0 Å². The summed E-state index contributed by atoms with van der Waals surface area (Å²) >= 11 is 1.42. The number of piperidine rings is 1. The number of carbonyl (C=O) groups is 3. The van der Waals surface area contributed by atoms with Crippen molar-refractivity contribution in [2.24, 2.45) is 5.41 Å². The van der Waals surface area contributed by atoms with Gasteiger partial charge >= 0.3 is 12.1 Å². The second-order valence-electron chi connectivity index (χ2n) is 9.28. The number of hydrogen-bond acceptors (Lipinski definition) is 8. The van der Waals surface area contributed by atoms with Crippen LogP contribution >= 0.6 is 11.8 Å². The number of rotatable bonds is 8. The Morgan fingerprint density at radius 1 is 1.18 bits per heavy atom. The number of benzene rings is 1. The van der Waals surface area contributed by atoms with Gasteiger partial charge in [-0.05, 0) is 59.4 Å². The third kappa shape index (κ3) is 7.72. The summed E-state index contributed by atoms with van der Waals surface area (Å²) in [5.74, 6) is -0.794. The second-order valence-corrected chi connectivity index (χ2v) is 10.5. The van der Waals surface area contributed by atoms with E-state index in [2.05, 4.69) is 41.6 Å². The lowest BCUT2D eigenvalue weighted by molar-refractivity contribution is -0.138. The zero-order valence-electron chi connectivity index (χ0n) is 19.6. The fraction of sp³-hybridized carbons (Fsp3) is 0.545. The van der Waals surface area contributed by atoms with E-state index in [0.717, 1.165) is 6.42 Å². The first-order valence-electron chi connectivity index (χ1n) is 11.1. The number of tetrazole rings is 1. The van der Waals surface area contributed by atoms with Crippen molar-refractivity contribution in [1.82, 2.24) is 30.4 Å². The highest BCUT2D eigenvalue weighted by Crippen LogP contribution is 2.29. The van der Waals surface area contributed by atoms with Gasteiger partial charge in [-0.1, -0.05) is 32.5 Å². The molecule has 0 bridgehead atoms. The summed E-state index contributed by atoms with van der Waals surface area (Å²) in [6.45, 7) is 7.68. The van der Waals surface area contributed by atoms with Crippen LogP contribution in [0.3, 0.4) is 0 Å². The lowest BCUT2D eigenvalue weighted by Gasteiger charge is -2.30. The van der Waals surface area contributed by atoms with Gasteiger partial charge in [-0.3, -0.25) is 9.59 Å². The number of carbonyl (C=O) groups excluding carboxylic acids is 2. The topological polar surface area (TPSA) is 140 Å². The van der Waals surface area contributed by atoms with Gasteiger partial charge in [0.25, 0.3) is 5.91 Å². The van der Waals surface area contributed by atoms with Gasteiger partial charge in [-0.2, -0.15) is 0 Å². The van der Waals surface area contributed by atoms with Gasteiger partial charge in [0.1, 0.15) is 12.3 Å². The van der Waals surface area contributed by atoms with Crippen LogP contribution in [0.4, 0.5) is 4.79 Å². The molecule has 3 rings (SSSR count). The number of nitrogens with one attached hydrogen (secondary N) is 1. The van der Waals surface area contributed by atoms with Gasteiger partial charge in [0.05, 0.1) is 0 Å². The maximum Gasteiger partial charge on any atom is 0.415 e. The highest BCUT2D eigenvalue weighted by Gasteiger charge is 2.26. The predicted molar refractivity (Wildman–Crippen MR) is 125 cm³/mol. The number of likely N-dealkylation sites (tertiary alicyclic amines) is 1. The molecule has 0 atom stereocenters. The van der Waals surface area contributed by atoms with Crippen LogP contribution < -0.4 is 10.1 Å². The van der Waals surface area contributed by atoms with Crippen molar-refractivity contribution in [3.8, 4) is 5.75 Å². The molecule has 2 heterocycles. The molecular formula is C22H30N6O5S. The number of aromatic nitrogens is 4. The Labute approximate surface area is 202 Å². The fourth-order valence-corrected chi connectivity index (χ4v) is 4.36. The number of aliphatic carboxylic acids is 1. The average Bonchev–Trinajstić information content (AvgIpc) is 3.19. The van der Waals surface area contributed by atoms with Crippen molar-refractivity contribution in [3.05, 3.63) is 29.8 Å². The molecule has 1 aliphatic rings. The van der Waals surface area contributed by atoms with Crippen LogP contribution in [-0.4, -0.2) is 73.1 Å². The van der Waals surface area contributed by atoms with Gasteiger partial charge < -0.3 is 20.1 Å².